The number of fused-ring (bicyclic) bond motifs is 1. The Balaban J connectivity index is 1.57. The SMILES string of the molecule is COc1ccc2cc(C(=O)N3CCCC[C@@H](c4ccc(F)cc4)C3)[nH]c2c1. The minimum atomic E-state index is -0.228. The van der Waals surface area contributed by atoms with Gasteiger partial charge in [-0.3, -0.25) is 4.79 Å². The summed E-state index contributed by atoms with van der Waals surface area (Å²) in [7, 11) is 1.63. The van der Waals surface area contributed by atoms with E-state index in [1.807, 2.05) is 41.3 Å². The summed E-state index contributed by atoms with van der Waals surface area (Å²) >= 11 is 0. The molecule has 2 aromatic carbocycles. The lowest BCUT2D eigenvalue weighted by atomic mass is 9.94. The van der Waals surface area contributed by atoms with Crippen LogP contribution in [0.1, 0.15) is 41.2 Å². The van der Waals surface area contributed by atoms with Crippen LogP contribution in [0, 0.1) is 5.82 Å². The molecule has 0 spiro atoms. The van der Waals surface area contributed by atoms with Crippen molar-refractivity contribution in [3.63, 3.8) is 0 Å². The number of aromatic nitrogens is 1. The number of carbonyl (C=O) groups excluding carboxylic acids is 1. The summed E-state index contributed by atoms with van der Waals surface area (Å²) in [6.45, 7) is 1.40. The van der Waals surface area contributed by atoms with Gasteiger partial charge in [-0.1, -0.05) is 18.6 Å². The largest absolute Gasteiger partial charge is 0.497 e. The number of rotatable bonds is 3. The molecule has 27 heavy (non-hydrogen) atoms. The van der Waals surface area contributed by atoms with Crippen LogP contribution in [0.25, 0.3) is 10.9 Å². The van der Waals surface area contributed by atoms with Gasteiger partial charge < -0.3 is 14.6 Å². The van der Waals surface area contributed by atoms with Crippen molar-refractivity contribution in [3.05, 3.63) is 65.6 Å². The molecule has 4 rings (SSSR count). The lowest BCUT2D eigenvalue weighted by Crippen LogP contribution is -2.34. The van der Waals surface area contributed by atoms with Crippen LogP contribution in [0.3, 0.4) is 0 Å². The first-order valence-electron chi connectivity index (χ1n) is 9.35. The van der Waals surface area contributed by atoms with Gasteiger partial charge in [0.25, 0.3) is 5.91 Å². The maximum Gasteiger partial charge on any atom is 0.270 e. The minimum Gasteiger partial charge on any atom is -0.497 e. The van der Waals surface area contributed by atoms with E-state index in [4.69, 9.17) is 4.74 Å². The summed E-state index contributed by atoms with van der Waals surface area (Å²) in [4.78, 5) is 18.3. The van der Waals surface area contributed by atoms with Gasteiger partial charge in [-0.25, -0.2) is 4.39 Å². The molecular weight excluding hydrogens is 343 g/mol. The fourth-order valence-electron chi connectivity index (χ4n) is 3.85. The lowest BCUT2D eigenvalue weighted by Gasteiger charge is -2.24. The number of amides is 1. The quantitative estimate of drug-likeness (QED) is 0.729. The molecule has 3 aromatic rings. The van der Waals surface area contributed by atoms with Gasteiger partial charge in [0, 0.05) is 36.0 Å². The van der Waals surface area contributed by atoms with E-state index in [9.17, 15) is 9.18 Å². The second-order valence-electron chi connectivity index (χ2n) is 7.13. The Bertz CT molecular complexity index is 949. The van der Waals surface area contributed by atoms with Crippen molar-refractivity contribution in [2.24, 2.45) is 0 Å². The Labute approximate surface area is 157 Å². The molecule has 1 N–H and O–H groups in total. The van der Waals surface area contributed by atoms with E-state index in [0.29, 0.717) is 12.2 Å². The average Bonchev–Trinajstić information content (AvgIpc) is 2.96. The highest BCUT2D eigenvalue weighted by Crippen LogP contribution is 2.28. The average molecular weight is 366 g/mol. The number of likely N-dealkylation sites (tertiary alicyclic amines) is 1. The molecule has 0 unspecified atom stereocenters. The van der Waals surface area contributed by atoms with E-state index in [0.717, 1.165) is 48.0 Å². The van der Waals surface area contributed by atoms with Gasteiger partial charge in [-0.15, -0.1) is 0 Å². The molecule has 1 amide bonds. The number of hydrogen-bond acceptors (Lipinski definition) is 2. The lowest BCUT2D eigenvalue weighted by molar-refractivity contribution is 0.0749. The molecule has 0 bridgehead atoms. The molecule has 0 radical (unpaired) electrons. The molecule has 1 aliphatic rings. The van der Waals surface area contributed by atoms with Crippen molar-refractivity contribution in [1.29, 1.82) is 0 Å². The number of aromatic amines is 1. The topological polar surface area (TPSA) is 45.3 Å². The van der Waals surface area contributed by atoms with Crippen LogP contribution >= 0.6 is 0 Å². The summed E-state index contributed by atoms with van der Waals surface area (Å²) < 4.78 is 18.5. The number of carbonyl (C=O) groups is 1. The van der Waals surface area contributed by atoms with Gasteiger partial charge in [0.05, 0.1) is 7.11 Å². The number of halogens is 1. The van der Waals surface area contributed by atoms with Gasteiger partial charge in [-0.05, 0) is 48.7 Å². The highest BCUT2D eigenvalue weighted by molar-refractivity contribution is 5.98. The highest BCUT2D eigenvalue weighted by atomic mass is 19.1. The third-order valence-electron chi connectivity index (χ3n) is 5.36. The Morgan fingerprint density at radius 3 is 2.74 bits per heavy atom. The van der Waals surface area contributed by atoms with E-state index in [1.165, 1.54) is 12.1 Å². The summed E-state index contributed by atoms with van der Waals surface area (Å²) in [5.74, 6) is 0.781. The summed E-state index contributed by atoms with van der Waals surface area (Å²) in [5, 5.41) is 0.990. The number of H-pyrrole nitrogens is 1. The monoisotopic (exact) mass is 366 g/mol. The van der Waals surface area contributed by atoms with Crippen LogP contribution in [0.5, 0.6) is 5.75 Å². The Hall–Kier alpha value is -2.82. The maximum atomic E-state index is 13.2. The molecule has 0 aliphatic carbocycles. The summed E-state index contributed by atoms with van der Waals surface area (Å²) in [5.41, 5.74) is 2.58. The highest BCUT2D eigenvalue weighted by Gasteiger charge is 2.25. The Kier molecular flexibility index (Phi) is 4.84. The van der Waals surface area contributed by atoms with E-state index in [1.54, 1.807) is 7.11 Å². The molecule has 1 saturated heterocycles. The van der Waals surface area contributed by atoms with E-state index in [-0.39, 0.29) is 17.6 Å². The molecule has 1 fully saturated rings. The number of nitrogens with one attached hydrogen (secondary N) is 1. The van der Waals surface area contributed by atoms with Gasteiger partial charge in [0.15, 0.2) is 0 Å². The summed E-state index contributed by atoms with van der Waals surface area (Å²) in [6.07, 6.45) is 3.06. The van der Waals surface area contributed by atoms with Crippen molar-refractivity contribution in [1.82, 2.24) is 9.88 Å². The second kappa shape index (κ2) is 7.43. The van der Waals surface area contributed by atoms with Gasteiger partial charge >= 0.3 is 0 Å². The molecule has 5 heteroatoms. The van der Waals surface area contributed by atoms with Crippen LogP contribution in [0.4, 0.5) is 4.39 Å². The summed E-state index contributed by atoms with van der Waals surface area (Å²) in [6, 6.07) is 14.3. The molecule has 2 heterocycles. The van der Waals surface area contributed by atoms with Gasteiger partial charge in [0.2, 0.25) is 0 Å². The number of nitrogens with zero attached hydrogens (tertiary/aromatic N) is 1. The number of ether oxygens (including phenoxy) is 1. The first-order valence-corrected chi connectivity index (χ1v) is 9.35. The molecule has 1 aromatic heterocycles. The van der Waals surface area contributed by atoms with E-state index in [2.05, 4.69) is 4.98 Å². The molecule has 140 valence electrons. The molecular formula is C22H23FN2O2. The van der Waals surface area contributed by atoms with Crippen LogP contribution in [-0.4, -0.2) is 36.0 Å². The zero-order valence-corrected chi connectivity index (χ0v) is 15.4. The maximum absolute atomic E-state index is 13.2. The molecule has 1 atom stereocenters. The molecule has 0 saturated carbocycles. The van der Waals surface area contributed by atoms with Crippen LogP contribution in [0.15, 0.2) is 48.5 Å². The predicted molar refractivity (Wildman–Crippen MR) is 104 cm³/mol. The second-order valence-corrected chi connectivity index (χ2v) is 7.13. The van der Waals surface area contributed by atoms with E-state index < -0.39 is 0 Å². The van der Waals surface area contributed by atoms with Crippen molar-refractivity contribution < 1.29 is 13.9 Å². The number of hydrogen-bond donors (Lipinski definition) is 1. The van der Waals surface area contributed by atoms with E-state index >= 15 is 0 Å². The third kappa shape index (κ3) is 3.68. The Morgan fingerprint density at radius 2 is 1.96 bits per heavy atom. The van der Waals surface area contributed by atoms with Crippen molar-refractivity contribution >= 4 is 16.8 Å². The third-order valence-corrected chi connectivity index (χ3v) is 5.36. The molecule has 4 nitrogen and oxygen atoms in total. The van der Waals surface area contributed by atoms with Gasteiger partial charge in [-0.2, -0.15) is 0 Å². The fraction of sp³-hybridized carbons (Fsp3) is 0.318. The first kappa shape index (κ1) is 17.6. The Morgan fingerprint density at radius 1 is 1.15 bits per heavy atom. The minimum absolute atomic E-state index is 0.0131. The normalized spacial score (nSPS) is 17.7. The zero-order valence-electron chi connectivity index (χ0n) is 15.4. The van der Waals surface area contributed by atoms with Crippen LogP contribution < -0.4 is 4.74 Å². The standard InChI is InChI=1S/C22H23FN2O2/c1-27-19-10-7-16-12-21(24-20(16)13-19)22(26)25-11-3-2-4-17(14-25)15-5-8-18(23)9-6-15/h5-10,12-13,17,24H,2-4,11,14H2,1H3/t17-/m1/s1. The number of methoxy groups -OCH3 is 1. The van der Waals surface area contributed by atoms with Crippen LogP contribution in [-0.2, 0) is 0 Å². The van der Waals surface area contributed by atoms with Crippen LogP contribution in [0.2, 0.25) is 0 Å². The van der Waals surface area contributed by atoms with Gasteiger partial charge in [0.1, 0.15) is 17.3 Å². The zero-order chi connectivity index (χ0) is 18.8. The van der Waals surface area contributed by atoms with Crippen molar-refractivity contribution in [3.8, 4) is 5.75 Å². The molecule has 1 aliphatic heterocycles. The van der Waals surface area contributed by atoms with Crippen molar-refractivity contribution in [2.75, 3.05) is 20.2 Å². The predicted octanol–water partition coefficient (Wildman–Crippen LogP) is 4.73. The van der Waals surface area contributed by atoms with Crippen molar-refractivity contribution in [2.45, 2.75) is 25.2 Å². The first-order chi connectivity index (χ1) is 13.1. The number of benzene rings is 2. The smallest absolute Gasteiger partial charge is 0.270 e. The fourth-order valence-corrected chi connectivity index (χ4v) is 3.85.